The van der Waals surface area contributed by atoms with Gasteiger partial charge in [0.2, 0.25) is 0 Å². The Morgan fingerprint density at radius 2 is 2.33 bits per heavy atom. The van der Waals surface area contributed by atoms with E-state index in [1.165, 1.54) is 6.33 Å². The highest BCUT2D eigenvalue weighted by atomic mass is 16.2. The highest BCUT2D eigenvalue weighted by Crippen LogP contribution is 2.29. The Morgan fingerprint density at radius 1 is 1.48 bits per heavy atom. The van der Waals surface area contributed by atoms with Gasteiger partial charge in [-0.15, -0.1) is 0 Å². The van der Waals surface area contributed by atoms with Crippen molar-refractivity contribution in [2.45, 2.75) is 13.3 Å². The Kier molecular flexibility index (Phi) is 3.47. The quantitative estimate of drug-likeness (QED) is 0.915. The third-order valence-electron chi connectivity index (χ3n) is 4.11. The van der Waals surface area contributed by atoms with Gasteiger partial charge in [-0.2, -0.15) is 5.10 Å². The Balaban J connectivity index is 1.81. The fraction of sp³-hybridized carbons (Fsp3) is 0.400. The third-order valence-corrected chi connectivity index (χ3v) is 4.11. The lowest BCUT2D eigenvalue weighted by atomic mass is 9.90. The summed E-state index contributed by atoms with van der Waals surface area (Å²) in [6, 6.07) is 7.44. The molecule has 1 aromatic carbocycles. The Bertz CT molecular complexity index is 639. The number of hydrogen-bond acceptors (Lipinski definition) is 4. The van der Waals surface area contributed by atoms with E-state index in [4.69, 9.17) is 5.73 Å². The maximum atomic E-state index is 12.6. The molecule has 0 radical (unpaired) electrons. The monoisotopic (exact) mass is 285 g/mol. The maximum Gasteiger partial charge on any atom is 0.253 e. The first-order valence-corrected chi connectivity index (χ1v) is 7.06. The molecule has 1 unspecified atom stereocenters. The number of benzene rings is 1. The van der Waals surface area contributed by atoms with Gasteiger partial charge in [0.05, 0.1) is 5.69 Å². The minimum absolute atomic E-state index is 0.0408. The molecule has 1 atom stereocenters. The lowest BCUT2D eigenvalue weighted by molar-refractivity contribution is 0.0777. The van der Waals surface area contributed by atoms with Crippen LogP contribution in [0.3, 0.4) is 0 Å². The molecular formula is C15H19N5O. The van der Waals surface area contributed by atoms with E-state index >= 15 is 0 Å². The van der Waals surface area contributed by atoms with Crippen LogP contribution in [0.2, 0.25) is 0 Å². The second kappa shape index (κ2) is 5.29. The molecule has 0 aliphatic carbocycles. The van der Waals surface area contributed by atoms with Gasteiger partial charge < -0.3 is 10.6 Å². The van der Waals surface area contributed by atoms with E-state index in [1.807, 2.05) is 29.2 Å². The number of rotatable bonds is 3. The number of likely N-dealkylation sites (tertiary alicyclic amines) is 1. The van der Waals surface area contributed by atoms with Gasteiger partial charge in [-0.3, -0.25) is 4.79 Å². The molecule has 1 aliphatic heterocycles. The van der Waals surface area contributed by atoms with Gasteiger partial charge in [0.1, 0.15) is 12.7 Å². The zero-order valence-electron chi connectivity index (χ0n) is 12.1. The highest BCUT2D eigenvalue weighted by Gasteiger charge is 2.35. The molecule has 1 aromatic heterocycles. The van der Waals surface area contributed by atoms with Gasteiger partial charge in [-0.1, -0.05) is 13.0 Å². The van der Waals surface area contributed by atoms with Crippen LogP contribution in [0, 0.1) is 5.41 Å². The van der Waals surface area contributed by atoms with Crippen LogP contribution in [0.4, 0.5) is 0 Å². The standard InChI is InChI=1S/C15H19N5O/c1-15(8-16)5-6-19(9-15)14(21)12-3-2-4-13(7-12)20-11-17-10-18-20/h2-4,7,10-11H,5-6,8-9,16H2,1H3. The number of carbonyl (C=O) groups excluding carboxylic acids is 1. The molecule has 1 amide bonds. The second-order valence-electron chi connectivity index (χ2n) is 5.88. The van der Waals surface area contributed by atoms with Gasteiger partial charge in [0, 0.05) is 18.7 Å². The minimum atomic E-state index is 0.0408. The smallest absolute Gasteiger partial charge is 0.253 e. The first-order chi connectivity index (χ1) is 10.1. The van der Waals surface area contributed by atoms with Crippen molar-refractivity contribution >= 4 is 5.91 Å². The van der Waals surface area contributed by atoms with Gasteiger partial charge in [0.15, 0.2) is 0 Å². The van der Waals surface area contributed by atoms with E-state index in [0.717, 1.165) is 25.2 Å². The molecule has 2 aromatic rings. The van der Waals surface area contributed by atoms with Crippen LogP contribution >= 0.6 is 0 Å². The van der Waals surface area contributed by atoms with Crippen molar-refractivity contribution in [2.24, 2.45) is 11.1 Å². The zero-order valence-corrected chi connectivity index (χ0v) is 12.1. The van der Waals surface area contributed by atoms with E-state index in [-0.39, 0.29) is 11.3 Å². The van der Waals surface area contributed by atoms with Crippen molar-refractivity contribution in [3.05, 3.63) is 42.5 Å². The molecule has 0 saturated carbocycles. The third kappa shape index (κ3) is 2.67. The van der Waals surface area contributed by atoms with Crippen LogP contribution < -0.4 is 5.73 Å². The molecule has 2 heterocycles. The summed E-state index contributed by atoms with van der Waals surface area (Å²) in [6.07, 6.45) is 4.05. The summed E-state index contributed by atoms with van der Waals surface area (Å²) in [6.45, 7) is 4.22. The largest absolute Gasteiger partial charge is 0.338 e. The van der Waals surface area contributed by atoms with Crippen molar-refractivity contribution in [3.63, 3.8) is 0 Å². The van der Waals surface area contributed by atoms with Crippen molar-refractivity contribution < 1.29 is 4.79 Å². The first kappa shape index (κ1) is 13.8. The molecule has 1 saturated heterocycles. The van der Waals surface area contributed by atoms with Crippen LogP contribution in [-0.4, -0.2) is 45.2 Å². The number of amides is 1. The summed E-state index contributed by atoms with van der Waals surface area (Å²) >= 11 is 0. The number of nitrogens with zero attached hydrogens (tertiary/aromatic N) is 4. The average Bonchev–Trinajstić information content (AvgIpc) is 3.17. The molecule has 1 aliphatic rings. The number of carbonyl (C=O) groups is 1. The van der Waals surface area contributed by atoms with Crippen LogP contribution in [0.25, 0.3) is 5.69 Å². The van der Waals surface area contributed by atoms with Crippen molar-refractivity contribution in [2.75, 3.05) is 19.6 Å². The molecule has 6 nitrogen and oxygen atoms in total. The number of aromatic nitrogens is 3. The summed E-state index contributed by atoms with van der Waals surface area (Å²) in [4.78, 5) is 18.4. The van der Waals surface area contributed by atoms with Crippen LogP contribution in [0.1, 0.15) is 23.7 Å². The molecule has 3 rings (SSSR count). The summed E-state index contributed by atoms with van der Waals surface area (Å²) < 4.78 is 1.64. The summed E-state index contributed by atoms with van der Waals surface area (Å²) in [5, 5.41) is 4.08. The molecule has 1 fully saturated rings. The topological polar surface area (TPSA) is 77.0 Å². The Hall–Kier alpha value is -2.21. The van der Waals surface area contributed by atoms with Crippen molar-refractivity contribution in [1.82, 2.24) is 19.7 Å². The predicted molar refractivity (Wildman–Crippen MR) is 79.0 cm³/mol. The molecule has 110 valence electrons. The zero-order chi connectivity index (χ0) is 14.9. The van der Waals surface area contributed by atoms with Crippen LogP contribution in [0.15, 0.2) is 36.9 Å². The molecule has 0 spiro atoms. The number of nitrogens with two attached hydrogens (primary N) is 1. The molecule has 6 heteroatoms. The highest BCUT2D eigenvalue weighted by molar-refractivity contribution is 5.95. The first-order valence-electron chi connectivity index (χ1n) is 7.06. The normalized spacial score (nSPS) is 21.7. The van der Waals surface area contributed by atoms with E-state index in [1.54, 1.807) is 11.0 Å². The molecule has 2 N–H and O–H groups in total. The fourth-order valence-corrected chi connectivity index (χ4v) is 2.67. The van der Waals surface area contributed by atoms with E-state index in [2.05, 4.69) is 17.0 Å². The number of hydrogen-bond donors (Lipinski definition) is 1. The second-order valence-corrected chi connectivity index (χ2v) is 5.88. The average molecular weight is 285 g/mol. The van der Waals surface area contributed by atoms with Crippen LogP contribution in [-0.2, 0) is 0 Å². The fourth-order valence-electron chi connectivity index (χ4n) is 2.67. The van der Waals surface area contributed by atoms with Crippen molar-refractivity contribution in [1.29, 1.82) is 0 Å². The summed E-state index contributed by atoms with van der Waals surface area (Å²) in [7, 11) is 0. The van der Waals surface area contributed by atoms with E-state index < -0.39 is 0 Å². The van der Waals surface area contributed by atoms with Gasteiger partial charge in [-0.25, -0.2) is 9.67 Å². The van der Waals surface area contributed by atoms with Crippen molar-refractivity contribution in [3.8, 4) is 5.69 Å². The van der Waals surface area contributed by atoms with E-state index in [0.29, 0.717) is 12.1 Å². The maximum absolute atomic E-state index is 12.6. The van der Waals surface area contributed by atoms with Crippen LogP contribution in [0.5, 0.6) is 0 Å². The summed E-state index contributed by atoms with van der Waals surface area (Å²) in [5.74, 6) is 0.0501. The Labute approximate surface area is 123 Å². The lowest BCUT2D eigenvalue weighted by Crippen LogP contribution is -2.34. The van der Waals surface area contributed by atoms with Gasteiger partial charge in [0.25, 0.3) is 5.91 Å². The molecular weight excluding hydrogens is 266 g/mol. The lowest BCUT2D eigenvalue weighted by Gasteiger charge is -2.22. The Morgan fingerprint density at radius 3 is 3.00 bits per heavy atom. The molecule has 21 heavy (non-hydrogen) atoms. The molecule has 0 bridgehead atoms. The SMILES string of the molecule is CC1(CN)CCN(C(=O)c2cccc(-n3cncn3)c2)C1. The van der Waals surface area contributed by atoms with Gasteiger partial charge in [-0.05, 0) is 36.6 Å². The predicted octanol–water partition coefficient (Wildman–Crippen LogP) is 1.08. The van der Waals surface area contributed by atoms with E-state index in [9.17, 15) is 4.79 Å². The minimum Gasteiger partial charge on any atom is -0.338 e. The summed E-state index contributed by atoms with van der Waals surface area (Å²) in [5.41, 5.74) is 7.34. The van der Waals surface area contributed by atoms with Gasteiger partial charge >= 0.3 is 0 Å².